The Morgan fingerprint density at radius 1 is 0.333 bits per heavy atom. The van der Waals surface area contributed by atoms with Gasteiger partial charge in [0.15, 0.2) is 0 Å². The van der Waals surface area contributed by atoms with Gasteiger partial charge in [0.1, 0.15) is 0 Å². The van der Waals surface area contributed by atoms with Crippen LogP contribution in [-0.4, -0.2) is 0 Å². The number of fused-ring (bicyclic) bond motifs is 12. The number of allylic oxidation sites excluding steroid dienone is 5. The van der Waals surface area contributed by atoms with E-state index in [4.69, 9.17) is 0 Å². The maximum Gasteiger partial charge on any atom is 0.0159 e. The van der Waals surface area contributed by atoms with Gasteiger partial charge in [0, 0.05) is 21.7 Å². The summed E-state index contributed by atoms with van der Waals surface area (Å²) in [7, 11) is 0. The molecule has 0 aliphatic heterocycles. The van der Waals surface area contributed by atoms with Crippen molar-refractivity contribution in [3.63, 3.8) is 0 Å². The van der Waals surface area contributed by atoms with Gasteiger partial charge in [0.25, 0.3) is 0 Å². The summed E-state index contributed by atoms with van der Waals surface area (Å²) in [6.07, 6.45) is 6.51. The Balaban J connectivity index is 1.14. The summed E-state index contributed by atoms with van der Waals surface area (Å²) in [6.45, 7) is 25.6. The van der Waals surface area contributed by atoms with Gasteiger partial charge in [-0.15, -0.1) is 0 Å². The minimum atomic E-state index is -0.208. The summed E-state index contributed by atoms with van der Waals surface area (Å²) in [5.41, 5.74) is 28.6. The van der Waals surface area contributed by atoms with Crippen molar-refractivity contribution in [2.24, 2.45) is 0 Å². The highest BCUT2D eigenvalue weighted by Crippen LogP contribution is 2.57. The van der Waals surface area contributed by atoms with Gasteiger partial charge in [-0.1, -0.05) is 202 Å². The average Bonchev–Trinajstić information content (AvgIpc) is 3.91. The first-order chi connectivity index (χ1) is 33.2. The number of hydrogen-bond acceptors (Lipinski definition) is 0. The first-order valence-corrected chi connectivity index (χ1v) is 25.0. The fourth-order valence-corrected chi connectivity index (χ4v) is 13.8. The number of rotatable bonds is 5. The van der Waals surface area contributed by atoms with Crippen LogP contribution in [0.15, 0.2) is 188 Å². The van der Waals surface area contributed by atoms with E-state index in [2.05, 4.69) is 245 Å². The van der Waals surface area contributed by atoms with E-state index in [0.717, 1.165) is 0 Å². The third-order valence-corrected chi connectivity index (χ3v) is 17.4. The van der Waals surface area contributed by atoms with Crippen molar-refractivity contribution in [1.82, 2.24) is 0 Å². The van der Waals surface area contributed by atoms with Crippen molar-refractivity contribution < 1.29 is 0 Å². The lowest BCUT2D eigenvalue weighted by molar-refractivity contribution is 0.655. The highest BCUT2D eigenvalue weighted by molar-refractivity contribution is 6.23. The van der Waals surface area contributed by atoms with Gasteiger partial charge in [-0.2, -0.15) is 0 Å². The molecule has 0 N–H and O–H groups in total. The molecule has 4 aliphatic carbocycles. The molecule has 0 radical (unpaired) electrons. The summed E-state index contributed by atoms with van der Waals surface area (Å²) >= 11 is 0. The molecule has 0 nitrogen and oxygen atoms in total. The van der Waals surface area contributed by atoms with Gasteiger partial charge >= 0.3 is 0 Å². The van der Waals surface area contributed by atoms with E-state index in [0.29, 0.717) is 0 Å². The molecule has 0 aromatic heterocycles. The Morgan fingerprint density at radius 3 is 1.28 bits per heavy atom. The predicted octanol–water partition coefficient (Wildman–Crippen LogP) is 18.7. The van der Waals surface area contributed by atoms with Crippen molar-refractivity contribution in [3.8, 4) is 66.8 Å². The molecule has 13 rings (SSSR count). The van der Waals surface area contributed by atoms with Crippen LogP contribution in [0.5, 0.6) is 0 Å². The second-order valence-electron chi connectivity index (χ2n) is 22.4. The molecular weight excluding hydrogens is 829 g/mol. The summed E-state index contributed by atoms with van der Waals surface area (Å²) < 4.78 is 0. The molecule has 0 heterocycles. The fraction of sp³-hybridized carbons (Fsp3) is 0.188. The van der Waals surface area contributed by atoms with Gasteiger partial charge in [-0.25, -0.2) is 0 Å². The quantitative estimate of drug-likeness (QED) is 0.151. The van der Waals surface area contributed by atoms with Crippen molar-refractivity contribution in [1.29, 1.82) is 0 Å². The molecule has 0 saturated heterocycles. The van der Waals surface area contributed by atoms with E-state index >= 15 is 0 Å². The van der Waals surface area contributed by atoms with Crippen LogP contribution >= 0.6 is 0 Å². The highest BCUT2D eigenvalue weighted by atomic mass is 14.4. The first kappa shape index (κ1) is 41.9. The lowest BCUT2D eigenvalue weighted by atomic mass is 9.77. The third kappa shape index (κ3) is 5.52. The van der Waals surface area contributed by atoms with Crippen LogP contribution in [0.3, 0.4) is 0 Å². The second-order valence-corrected chi connectivity index (χ2v) is 22.4. The van der Waals surface area contributed by atoms with E-state index in [1.165, 1.54) is 144 Å². The highest BCUT2D eigenvalue weighted by Gasteiger charge is 2.40. The molecule has 0 amide bonds. The average molecular weight is 887 g/mol. The van der Waals surface area contributed by atoms with Gasteiger partial charge < -0.3 is 0 Å². The molecule has 9 aromatic carbocycles. The Hall–Kier alpha value is -7.28. The van der Waals surface area contributed by atoms with Crippen LogP contribution < -0.4 is 0 Å². The molecule has 334 valence electrons. The van der Waals surface area contributed by atoms with E-state index in [1.807, 2.05) is 0 Å². The first-order valence-electron chi connectivity index (χ1n) is 25.0. The molecule has 4 aliphatic rings. The van der Waals surface area contributed by atoms with Crippen LogP contribution in [0.1, 0.15) is 107 Å². The number of hydrogen-bond donors (Lipinski definition) is 0. The van der Waals surface area contributed by atoms with E-state index in [-0.39, 0.29) is 21.7 Å². The minimum Gasteiger partial charge on any atom is -0.0987 e. The van der Waals surface area contributed by atoms with Crippen molar-refractivity contribution in [2.45, 2.75) is 84.0 Å². The lowest BCUT2D eigenvalue weighted by Crippen LogP contribution is -2.16. The zero-order valence-electron chi connectivity index (χ0n) is 41.5. The maximum absolute atomic E-state index is 4.34. The van der Waals surface area contributed by atoms with Gasteiger partial charge in [0.2, 0.25) is 0 Å². The molecule has 0 unspecified atom stereocenters. The minimum absolute atomic E-state index is 0.0959. The SMILES string of the molecule is C=CC1=C(/C=C\C)c2ccc(-c3c4ccc(-c5ccc6c(c5)C(C)(C)c5ccccc5-6)cc4c(-c4ccc5c(c4)C(C)(C)c4ccccc4-5)c4cc5c(cc34)-c3ccccc3C5(C)C)cc2C1(C)C. The molecule has 0 atom stereocenters. The Kier molecular flexibility index (Phi) is 8.59. The summed E-state index contributed by atoms with van der Waals surface area (Å²) in [4.78, 5) is 0. The largest absolute Gasteiger partial charge is 0.0987 e. The molecular formula is C69H58. The summed E-state index contributed by atoms with van der Waals surface area (Å²) in [5, 5.41) is 5.13. The van der Waals surface area contributed by atoms with Crippen LogP contribution in [0.25, 0.3) is 93.9 Å². The monoisotopic (exact) mass is 886 g/mol. The van der Waals surface area contributed by atoms with E-state index in [1.54, 1.807) is 0 Å². The molecule has 0 heteroatoms. The summed E-state index contributed by atoms with van der Waals surface area (Å²) in [6, 6.07) is 61.5. The zero-order valence-corrected chi connectivity index (χ0v) is 41.5. The van der Waals surface area contributed by atoms with Crippen molar-refractivity contribution >= 4 is 27.1 Å². The third-order valence-electron chi connectivity index (χ3n) is 17.4. The van der Waals surface area contributed by atoms with Crippen LogP contribution in [-0.2, 0) is 21.7 Å². The Morgan fingerprint density at radius 2 is 0.725 bits per heavy atom. The molecule has 0 saturated carbocycles. The standard InChI is InChI=1S/C69H58/c1-11-19-44-48-31-28-42(36-61(48)66(3,4)56(44)12-2)64-51-33-27-40(41-26-30-49-45-20-13-16-23-57(45)67(5,6)60(49)35-41)34-53(51)65(43-29-32-50-46-21-14-17-24-58(46)68(7,8)62(50)37-43)55-39-63-52(38-54(55)64)47-22-15-18-25-59(47)69(63,9)10/h11-39H,2H2,1,3-10H3/b19-11-. The fourth-order valence-electron chi connectivity index (χ4n) is 13.8. The molecule has 69 heavy (non-hydrogen) atoms. The summed E-state index contributed by atoms with van der Waals surface area (Å²) in [5.74, 6) is 0. The predicted molar refractivity (Wildman–Crippen MR) is 295 cm³/mol. The molecule has 0 bridgehead atoms. The van der Waals surface area contributed by atoms with E-state index < -0.39 is 0 Å². The number of benzene rings is 9. The van der Waals surface area contributed by atoms with Gasteiger partial charge in [-0.05, 0) is 187 Å². The smallest absolute Gasteiger partial charge is 0.0159 e. The topological polar surface area (TPSA) is 0 Å². The van der Waals surface area contributed by atoms with Crippen LogP contribution in [0.2, 0.25) is 0 Å². The normalized spacial score (nSPS) is 16.9. The second kappa shape index (κ2) is 14.1. The van der Waals surface area contributed by atoms with Crippen molar-refractivity contribution in [3.05, 3.63) is 233 Å². The van der Waals surface area contributed by atoms with Crippen LogP contribution in [0.4, 0.5) is 0 Å². The molecule has 9 aromatic rings. The zero-order chi connectivity index (χ0) is 47.5. The van der Waals surface area contributed by atoms with Crippen LogP contribution in [0, 0.1) is 0 Å². The van der Waals surface area contributed by atoms with Gasteiger partial charge in [-0.3, -0.25) is 0 Å². The Labute approximate surface area is 408 Å². The molecule has 0 fully saturated rings. The maximum atomic E-state index is 4.34. The van der Waals surface area contributed by atoms with Gasteiger partial charge in [0.05, 0.1) is 0 Å². The van der Waals surface area contributed by atoms with Crippen molar-refractivity contribution in [2.75, 3.05) is 0 Å². The Bertz CT molecular complexity index is 3850. The molecule has 0 spiro atoms. The lowest BCUT2D eigenvalue weighted by Gasteiger charge is -2.26. The van der Waals surface area contributed by atoms with E-state index in [9.17, 15) is 0 Å².